The zero-order chi connectivity index (χ0) is 13.1. The van der Waals surface area contributed by atoms with Crippen molar-refractivity contribution in [3.8, 4) is 5.75 Å². The Kier molecular flexibility index (Phi) is 3.73. The van der Waals surface area contributed by atoms with E-state index in [0.717, 1.165) is 16.7 Å². The van der Waals surface area contributed by atoms with Crippen LogP contribution in [-0.4, -0.2) is 27.1 Å². The maximum absolute atomic E-state index is 5.72. The maximum atomic E-state index is 5.72. The molecule has 0 saturated heterocycles. The largest absolute Gasteiger partial charge is 0.493 e. The van der Waals surface area contributed by atoms with Crippen molar-refractivity contribution in [2.45, 2.75) is 31.0 Å². The standard InChI is InChI=1S/C14H17N3OS/c1-11-3-2-4-13(9-11)18-7-8-19-14-16-15-10-17(14)12-5-6-12/h2-4,9-10,12H,5-8H2,1H3. The van der Waals surface area contributed by atoms with Gasteiger partial charge in [0.15, 0.2) is 5.16 Å². The second-order valence-electron chi connectivity index (χ2n) is 4.77. The highest BCUT2D eigenvalue weighted by Crippen LogP contribution is 2.37. The second-order valence-corrected chi connectivity index (χ2v) is 5.83. The van der Waals surface area contributed by atoms with Gasteiger partial charge in [-0.3, -0.25) is 0 Å². The van der Waals surface area contributed by atoms with Crippen LogP contribution in [0, 0.1) is 6.92 Å². The summed E-state index contributed by atoms with van der Waals surface area (Å²) in [6.07, 6.45) is 4.35. The second kappa shape index (κ2) is 5.65. The number of aryl methyl sites for hydroxylation is 1. The van der Waals surface area contributed by atoms with Crippen molar-refractivity contribution >= 4 is 11.8 Å². The fourth-order valence-corrected chi connectivity index (χ4v) is 2.74. The molecule has 100 valence electrons. The number of aromatic nitrogens is 3. The SMILES string of the molecule is Cc1cccc(OCCSc2nncn2C2CC2)c1. The fraction of sp³-hybridized carbons (Fsp3) is 0.429. The average Bonchev–Trinajstić information content (AvgIpc) is 3.14. The number of hydrogen-bond donors (Lipinski definition) is 0. The first-order valence-electron chi connectivity index (χ1n) is 6.55. The minimum Gasteiger partial charge on any atom is -0.493 e. The molecule has 0 spiro atoms. The molecule has 1 aromatic carbocycles. The van der Waals surface area contributed by atoms with E-state index in [0.29, 0.717) is 12.6 Å². The zero-order valence-electron chi connectivity index (χ0n) is 11.0. The normalized spacial score (nSPS) is 14.6. The molecule has 1 aliphatic carbocycles. The van der Waals surface area contributed by atoms with Gasteiger partial charge in [0, 0.05) is 11.8 Å². The van der Waals surface area contributed by atoms with Gasteiger partial charge < -0.3 is 9.30 Å². The molecule has 2 aromatic rings. The molecule has 19 heavy (non-hydrogen) atoms. The predicted molar refractivity (Wildman–Crippen MR) is 75.7 cm³/mol. The molecule has 0 N–H and O–H groups in total. The Balaban J connectivity index is 1.46. The lowest BCUT2D eigenvalue weighted by molar-refractivity contribution is 0.343. The Morgan fingerprint density at radius 3 is 3.11 bits per heavy atom. The molecule has 0 atom stereocenters. The summed E-state index contributed by atoms with van der Waals surface area (Å²) in [5, 5.41) is 9.15. The highest BCUT2D eigenvalue weighted by molar-refractivity contribution is 7.99. The lowest BCUT2D eigenvalue weighted by Gasteiger charge is -2.07. The van der Waals surface area contributed by atoms with Crippen molar-refractivity contribution in [3.05, 3.63) is 36.2 Å². The van der Waals surface area contributed by atoms with E-state index in [1.807, 2.05) is 18.5 Å². The number of thioether (sulfide) groups is 1. The van der Waals surface area contributed by atoms with Crippen molar-refractivity contribution < 1.29 is 4.74 Å². The minimum absolute atomic E-state index is 0.634. The monoisotopic (exact) mass is 275 g/mol. The van der Waals surface area contributed by atoms with E-state index >= 15 is 0 Å². The first-order valence-corrected chi connectivity index (χ1v) is 7.53. The van der Waals surface area contributed by atoms with Gasteiger partial charge in [-0.1, -0.05) is 23.9 Å². The number of nitrogens with zero attached hydrogens (tertiary/aromatic N) is 3. The molecular weight excluding hydrogens is 258 g/mol. The Morgan fingerprint density at radius 2 is 2.32 bits per heavy atom. The third-order valence-corrected chi connectivity index (χ3v) is 3.97. The van der Waals surface area contributed by atoms with Gasteiger partial charge in [-0.2, -0.15) is 0 Å². The Bertz CT molecular complexity index is 551. The average molecular weight is 275 g/mol. The van der Waals surface area contributed by atoms with Crippen LogP contribution < -0.4 is 4.74 Å². The van der Waals surface area contributed by atoms with E-state index in [4.69, 9.17) is 4.74 Å². The zero-order valence-corrected chi connectivity index (χ0v) is 11.8. The molecule has 1 aromatic heterocycles. The lowest BCUT2D eigenvalue weighted by Crippen LogP contribution is -2.02. The van der Waals surface area contributed by atoms with E-state index in [-0.39, 0.29) is 0 Å². The summed E-state index contributed by atoms with van der Waals surface area (Å²) in [4.78, 5) is 0. The molecule has 0 radical (unpaired) electrons. The van der Waals surface area contributed by atoms with Crippen LogP contribution in [0.5, 0.6) is 5.75 Å². The minimum atomic E-state index is 0.634. The summed E-state index contributed by atoms with van der Waals surface area (Å²) >= 11 is 1.71. The first kappa shape index (κ1) is 12.5. The maximum Gasteiger partial charge on any atom is 0.191 e. The van der Waals surface area contributed by atoms with E-state index in [9.17, 15) is 0 Å². The molecule has 5 heteroatoms. The summed E-state index contributed by atoms with van der Waals surface area (Å²) in [6.45, 7) is 2.76. The van der Waals surface area contributed by atoms with Crippen LogP contribution in [0.2, 0.25) is 0 Å². The van der Waals surface area contributed by atoms with Gasteiger partial charge >= 0.3 is 0 Å². The Morgan fingerprint density at radius 1 is 1.42 bits per heavy atom. The van der Waals surface area contributed by atoms with Gasteiger partial charge in [0.25, 0.3) is 0 Å². The van der Waals surface area contributed by atoms with E-state index in [2.05, 4.69) is 33.8 Å². The molecule has 0 aliphatic heterocycles. The summed E-state index contributed by atoms with van der Waals surface area (Å²) in [7, 11) is 0. The molecule has 4 nitrogen and oxygen atoms in total. The van der Waals surface area contributed by atoms with Crippen LogP contribution in [0.4, 0.5) is 0 Å². The molecule has 1 aliphatic rings. The molecule has 0 bridgehead atoms. The third kappa shape index (κ3) is 3.29. The number of hydrogen-bond acceptors (Lipinski definition) is 4. The fourth-order valence-electron chi connectivity index (χ4n) is 1.94. The van der Waals surface area contributed by atoms with Crippen LogP contribution in [-0.2, 0) is 0 Å². The van der Waals surface area contributed by atoms with Gasteiger partial charge in [0.1, 0.15) is 12.1 Å². The Hall–Kier alpha value is -1.49. The van der Waals surface area contributed by atoms with Crippen molar-refractivity contribution in [2.75, 3.05) is 12.4 Å². The third-order valence-electron chi connectivity index (χ3n) is 3.05. The Labute approximate surface area is 117 Å². The van der Waals surface area contributed by atoms with Crippen LogP contribution in [0.1, 0.15) is 24.4 Å². The quantitative estimate of drug-likeness (QED) is 0.600. The van der Waals surface area contributed by atoms with E-state index < -0.39 is 0 Å². The summed E-state index contributed by atoms with van der Waals surface area (Å²) < 4.78 is 7.90. The number of rotatable bonds is 6. The van der Waals surface area contributed by atoms with Crippen LogP contribution in [0.3, 0.4) is 0 Å². The van der Waals surface area contributed by atoms with Crippen LogP contribution >= 0.6 is 11.8 Å². The first-order chi connectivity index (χ1) is 9.33. The molecule has 0 amide bonds. The topological polar surface area (TPSA) is 39.9 Å². The van der Waals surface area contributed by atoms with Crippen LogP contribution in [0.25, 0.3) is 0 Å². The summed E-state index contributed by atoms with van der Waals surface area (Å²) in [5.41, 5.74) is 1.22. The van der Waals surface area contributed by atoms with Crippen molar-refractivity contribution in [1.29, 1.82) is 0 Å². The highest BCUT2D eigenvalue weighted by Gasteiger charge is 2.26. The smallest absolute Gasteiger partial charge is 0.191 e. The molecule has 1 saturated carbocycles. The lowest BCUT2D eigenvalue weighted by atomic mass is 10.2. The van der Waals surface area contributed by atoms with Crippen molar-refractivity contribution in [2.24, 2.45) is 0 Å². The van der Waals surface area contributed by atoms with E-state index in [1.54, 1.807) is 11.8 Å². The van der Waals surface area contributed by atoms with E-state index in [1.165, 1.54) is 18.4 Å². The van der Waals surface area contributed by atoms with Gasteiger partial charge in [-0.25, -0.2) is 0 Å². The molecule has 0 unspecified atom stereocenters. The van der Waals surface area contributed by atoms with Gasteiger partial charge in [0.05, 0.1) is 6.61 Å². The van der Waals surface area contributed by atoms with Crippen LogP contribution in [0.15, 0.2) is 35.7 Å². The predicted octanol–water partition coefficient (Wildman–Crippen LogP) is 3.09. The number of ether oxygens (including phenoxy) is 1. The van der Waals surface area contributed by atoms with Gasteiger partial charge in [0.2, 0.25) is 0 Å². The molecular formula is C14H17N3OS. The van der Waals surface area contributed by atoms with Gasteiger partial charge in [-0.05, 0) is 37.5 Å². The summed E-state index contributed by atoms with van der Waals surface area (Å²) in [5.74, 6) is 1.82. The van der Waals surface area contributed by atoms with Gasteiger partial charge in [-0.15, -0.1) is 10.2 Å². The summed E-state index contributed by atoms with van der Waals surface area (Å²) in [6, 6.07) is 8.76. The number of benzene rings is 1. The molecule has 3 rings (SSSR count). The molecule has 1 heterocycles. The molecule has 1 fully saturated rings. The van der Waals surface area contributed by atoms with Crippen molar-refractivity contribution in [1.82, 2.24) is 14.8 Å². The highest BCUT2D eigenvalue weighted by atomic mass is 32.2. The van der Waals surface area contributed by atoms with Crippen molar-refractivity contribution in [3.63, 3.8) is 0 Å².